The van der Waals surface area contributed by atoms with Gasteiger partial charge in [-0.3, -0.25) is 0 Å². The zero-order chi connectivity index (χ0) is 13.2. The van der Waals surface area contributed by atoms with Gasteiger partial charge >= 0.3 is 0 Å². The second-order valence-corrected chi connectivity index (χ2v) is 6.02. The molecule has 0 atom stereocenters. The van der Waals surface area contributed by atoms with Gasteiger partial charge in [-0.1, -0.05) is 23.5 Å². The topological polar surface area (TPSA) is 50.9 Å². The molecule has 116 valence electrons. The summed E-state index contributed by atoms with van der Waals surface area (Å²) >= 11 is 1.76. The van der Waals surface area contributed by atoms with Crippen molar-refractivity contribution in [3.8, 4) is 10.6 Å². The van der Waals surface area contributed by atoms with Crippen LogP contribution in [0.25, 0.3) is 10.6 Å². The molecule has 0 radical (unpaired) electrons. The molecular weight excluding hydrogens is 325 g/mol. The van der Waals surface area contributed by atoms with Crippen LogP contribution in [-0.2, 0) is 13.0 Å². The lowest BCUT2D eigenvalue weighted by atomic mass is 10.1. The first-order valence-electron chi connectivity index (χ1n) is 6.81. The van der Waals surface area contributed by atoms with Crippen LogP contribution in [-0.4, -0.2) is 11.5 Å². The highest BCUT2D eigenvalue weighted by atomic mass is 35.5. The van der Waals surface area contributed by atoms with Crippen molar-refractivity contribution in [3.05, 3.63) is 35.0 Å². The summed E-state index contributed by atoms with van der Waals surface area (Å²) in [6, 6.07) is 6.46. The molecule has 3 N–H and O–H groups in total. The van der Waals surface area contributed by atoms with Gasteiger partial charge in [0.15, 0.2) is 0 Å². The largest absolute Gasteiger partial charge is 0.375 e. The van der Waals surface area contributed by atoms with E-state index in [1.807, 2.05) is 0 Å². The van der Waals surface area contributed by atoms with Crippen LogP contribution in [0.3, 0.4) is 0 Å². The van der Waals surface area contributed by atoms with Crippen molar-refractivity contribution in [1.82, 2.24) is 4.98 Å². The van der Waals surface area contributed by atoms with Crippen LogP contribution in [0, 0.1) is 6.92 Å². The molecule has 2 heterocycles. The van der Waals surface area contributed by atoms with Crippen molar-refractivity contribution >= 4 is 41.2 Å². The molecule has 0 saturated carbocycles. The van der Waals surface area contributed by atoms with Crippen LogP contribution >= 0.6 is 36.2 Å². The first-order chi connectivity index (χ1) is 9.28. The number of halogens is 2. The summed E-state index contributed by atoms with van der Waals surface area (Å²) in [4.78, 5) is 4.80. The van der Waals surface area contributed by atoms with Gasteiger partial charge in [0.1, 0.15) is 10.0 Å². The van der Waals surface area contributed by atoms with Gasteiger partial charge in [-0.05, 0) is 43.4 Å². The van der Waals surface area contributed by atoms with Gasteiger partial charge in [-0.2, -0.15) is 0 Å². The minimum absolute atomic E-state index is 0. The van der Waals surface area contributed by atoms with Crippen LogP contribution in [0.4, 0.5) is 5.00 Å². The molecule has 2 aromatic rings. The van der Waals surface area contributed by atoms with E-state index in [1.165, 1.54) is 40.2 Å². The second kappa shape index (κ2) is 7.99. The van der Waals surface area contributed by atoms with E-state index in [1.54, 1.807) is 11.3 Å². The monoisotopic (exact) mass is 345 g/mol. The van der Waals surface area contributed by atoms with E-state index < -0.39 is 0 Å². The Morgan fingerprint density at radius 3 is 2.86 bits per heavy atom. The SMILES string of the molecule is Cc1ccc(-c2nc3c(s2)NCCCC3)cc1CN.Cl.Cl. The number of benzene rings is 1. The Morgan fingerprint density at radius 2 is 2.10 bits per heavy atom. The van der Waals surface area contributed by atoms with Crippen molar-refractivity contribution in [3.63, 3.8) is 0 Å². The maximum atomic E-state index is 5.79. The fourth-order valence-electron chi connectivity index (χ4n) is 2.43. The third-order valence-corrected chi connectivity index (χ3v) is 4.74. The Bertz CT molecular complexity index is 575. The number of hydrogen-bond acceptors (Lipinski definition) is 4. The number of nitrogens with two attached hydrogens (primary N) is 1. The number of nitrogens with zero attached hydrogens (tertiary/aromatic N) is 1. The van der Waals surface area contributed by atoms with E-state index >= 15 is 0 Å². The molecule has 0 aliphatic carbocycles. The van der Waals surface area contributed by atoms with E-state index in [0.717, 1.165) is 18.0 Å². The van der Waals surface area contributed by atoms with Crippen molar-refractivity contribution in [2.24, 2.45) is 5.73 Å². The van der Waals surface area contributed by atoms with Crippen LogP contribution in [0.2, 0.25) is 0 Å². The third kappa shape index (κ3) is 3.89. The Balaban J connectivity index is 0.00000110. The Hall–Kier alpha value is -0.810. The summed E-state index contributed by atoms with van der Waals surface area (Å²) in [6.07, 6.45) is 3.56. The Morgan fingerprint density at radius 1 is 1.29 bits per heavy atom. The first-order valence-corrected chi connectivity index (χ1v) is 7.63. The minimum atomic E-state index is 0. The predicted molar refractivity (Wildman–Crippen MR) is 96.1 cm³/mol. The number of fused-ring (bicyclic) bond motifs is 1. The first kappa shape index (κ1) is 18.2. The molecule has 3 rings (SSSR count). The second-order valence-electron chi connectivity index (χ2n) is 5.02. The van der Waals surface area contributed by atoms with Crippen LogP contribution in [0.15, 0.2) is 18.2 Å². The van der Waals surface area contributed by atoms with Crippen LogP contribution < -0.4 is 11.1 Å². The molecule has 0 unspecified atom stereocenters. The van der Waals surface area contributed by atoms with Crippen molar-refractivity contribution in [1.29, 1.82) is 0 Å². The average Bonchev–Trinajstić information content (AvgIpc) is 2.70. The quantitative estimate of drug-likeness (QED) is 0.858. The number of anilines is 1. The van der Waals surface area contributed by atoms with Gasteiger partial charge in [0.25, 0.3) is 0 Å². The highest BCUT2D eigenvalue weighted by Crippen LogP contribution is 2.34. The molecule has 0 bridgehead atoms. The van der Waals surface area contributed by atoms with Crippen LogP contribution in [0.1, 0.15) is 29.7 Å². The van der Waals surface area contributed by atoms with Gasteiger partial charge in [0, 0.05) is 18.7 Å². The number of rotatable bonds is 2. The maximum Gasteiger partial charge on any atom is 0.125 e. The zero-order valence-electron chi connectivity index (χ0n) is 12.0. The molecule has 6 heteroatoms. The molecule has 21 heavy (non-hydrogen) atoms. The lowest BCUT2D eigenvalue weighted by Gasteiger charge is -2.05. The smallest absolute Gasteiger partial charge is 0.125 e. The lowest BCUT2D eigenvalue weighted by Crippen LogP contribution is -1.99. The lowest BCUT2D eigenvalue weighted by molar-refractivity contribution is 0.775. The Kier molecular flexibility index (Phi) is 6.94. The number of thiazole rings is 1. The molecular formula is C15H21Cl2N3S. The van der Waals surface area contributed by atoms with E-state index in [-0.39, 0.29) is 24.8 Å². The molecule has 0 spiro atoms. The van der Waals surface area contributed by atoms with Crippen molar-refractivity contribution in [2.75, 3.05) is 11.9 Å². The van der Waals surface area contributed by atoms with Gasteiger partial charge in [-0.25, -0.2) is 4.98 Å². The summed E-state index contributed by atoms with van der Waals surface area (Å²) in [6.45, 7) is 3.75. The summed E-state index contributed by atoms with van der Waals surface area (Å²) in [5.41, 5.74) is 10.7. The summed E-state index contributed by atoms with van der Waals surface area (Å²) in [5, 5.41) is 5.84. The van der Waals surface area contributed by atoms with Crippen LogP contribution in [0.5, 0.6) is 0 Å². The van der Waals surface area contributed by atoms with Gasteiger partial charge in [0.05, 0.1) is 5.69 Å². The molecule has 1 aliphatic rings. The predicted octanol–water partition coefficient (Wildman–Crippen LogP) is 4.17. The number of nitrogens with one attached hydrogen (secondary N) is 1. The fourth-order valence-corrected chi connectivity index (χ4v) is 3.46. The summed E-state index contributed by atoms with van der Waals surface area (Å²) < 4.78 is 0. The van der Waals surface area contributed by atoms with Crippen molar-refractivity contribution in [2.45, 2.75) is 32.7 Å². The normalized spacial score (nSPS) is 13.2. The number of hydrogen-bond donors (Lipinski definition) is 2. The van der Waals surface area contributed by atoms with Gasteiger partial charge in [-0.15, -0.1) is 24.8 Å². The minimum Gasteiger partial charge on any atom is -0.375 e. The number of aryl methyl sites for hydroxylation is 2. The molecule has 0 fully saturated rings. The molecule has 1 aliphatic heterocycles. The Labute approximate surface area is 142 Å². The highest BCUT2D eigenvalue weighted by molar-refractivity contribution is 7.19. The highest BCUT2D eigenvalue weighted by Gasteiger charge is 2.15. The fraction of sp³-hybridized carbons (Fsp3) is 0.400. The van der Waals surface area contributed by atoms with E-state index in [9.17, 15) is 0 Å². The van der Waals surface area contributed by atoms with Gasteiger partial charge in [0.2, 0.25) is 0 Å². The number of aromatic nitrogens is 1. The molecule has 0 amide bonds. The third-order valence-electron chi connectivity index (χ3n) is 3.64. The van der Waals surface area contributed by atoms with Crippen molar-refractivity contribution < 1.29 is 0 Å². The van der Waals surface area contributed by atoms with Gasteiger partial charge < -0.3 is 11.1 Å². The average molecular weight is 346 g/mol. The summed E-state index contributed by atoms with van der Waals surface area (Å²) in [7, 11) is 0. The van der Waals surface area contributed by atoms with E-state index in [0.29, 0.717) is 6.54 Å². The molecule has 3 nitrogen and oxygen atoms in total. The zero-order valence-corrected chi connectivity index (χ0v) is 14.5. The van der Waals surface area contributed by atoms with E-state index in [4.69, 9.17) is 10.7 Å². The molecule has 1 aromatic heterocycles. The standard InChI is InChI=1S/C15H19N3S.2ClH/c1-10-5-6-11(8-12(10)9-16)14-18-13-4-2-3-7-17-15(13)19-14;;/h5-6,8,17H,2-4,7,9,16H2,1H3;2*1H. The molecule has 1 aromatic carbocycles. The molecule has 0 saturated heterocycles. The summed E-state index contributed by atoms with van der Waals surface area (Å²) in [5.74, 6) is 0. The maximum absolute atomic E-state index is 5.79. The van der Waals surface area contributed by atoms with E-state index in [2.05, 4.69) is 30.4 Å².